The first-order chi connectivity index (χ1) is 13.7. The van der Waals surface area contributed by atoms with E-state index in [1.54, 1.807) is 17.4 Å². The van der Waals surface area contributed by atoms with E-state index in [4.69, 9.17) is 0 Å². The number of hydrogen-bond acceptors (Lipinski definition) is 6. The number of carbonyl (C=O) groups excluding carboxylic acids is 1. The smallest absolute Gasteiger partial charge is 0.273 e. The lowest BCUT2D eigenvalue weighted by molar-refractivity contribution is 0.0946. The molecule has 1 aromatic carbocycles. The van der Waals surface area contributed by atoms with Crippen molar-refractivity contribution in [2.45, 2.75) is 6.54 Å². The van der Waals surface area contributed by atoms with Crippen molar-refractivity contribution in [2.24, 2.45) is 0 Å². The first-order valence-electron chi connectivity index (χ1n) is 8.59. The summed E-state index contributed by atoms with van der Waals surface area (Å²) in [4.78, 5) is 26.7. The first-order valence-corrected chi connectivity index (χ1v) is 9.47. The number of aromatic nitrogens is 5. The van der Waals surface area contributed by atoms with Gasteiger partial charge in [-0.05, 0) is 29.6 Å². The molecule has 0 aliphatic heterocycles. The van der Waals surface area contributed by atoms with Crippen LogP contribution in [0.5, 0.6) is 0 Å². The van der Waals surface area contributed by atoms with Gasteiger partial charge in [-0.2, -0.15) is 15.0 Å². The summed E-state index contributed by atoms with van der Waals surface area (Å²) in [5.41, 5.74) is 1.48. The van der Waals surface area contributed by atoms with Crippen molar-refractivity contribution < 1.29 is 4.79 Å². The Balaban J connectivity index is 1.39. The third kappa shape index (κ3) is 3.89. The van der Waals surface area contributed by atoms with Crippen LogP contribution in [0, 0.1) is 0 Å². The standard InChI is InChI=1S/C19H16N6O2S/c26-18-9-8-15(17-7-4-12-28-17)22-24(18)11-10-20-19(27)16-13-21-25(23-16)14-5-2-1-3-6-14/h1-9,12-13H,10-11H2,(H,20,27). The number of thiophene rings is 1. The monoisotopic (exact) mass is 392 g/mol. The number of carbonyl (C=O) groups is 1. The predicted molar refractivity (Wildman–Crippen MR) is 106 cm³/mol. The van der Waals surface area contributed by atoms with Crippen molar-refractivity contribution in [3.8, 4) is 16.3 Å². The molecule has 4 aromatic rings. The molecule has 0 aliphatic carbocycles. The molecule has 28 heavy (non-hydrogen) atoms. The highest BCUT2D eigenvalue weighted by Gasteiger charge is 2.11. The maximum atomic E-state index is 12.3. The second-order valence-electron chi connectivity index (χ2n) is 5.87. The number of hydrogen-bond donors (Lipinski definition) is 1. The van der Waals surface area contributed by atoms with Crippen LogP contribution in [0.25, 0.3) is 16.3 Å². The van der Waals surface area contributed by atoms with E-state index < -0.39 is 0 Å². The van der Waals surface area contributed by atoms with Gasteiger partial charge in [0.25, 0.3) is 11.5 Å². The highest BCUT2D eigenvalue weighted by atomic mass is 32.1. The maximum Gasteiger partial charge on any atom is 0.273 e. The zero-order valence-electron chi connectivity index (χ0n) is 14.7. The second-order valence-corrected chi connectivity index (χ2v) is 6.82. The van der Waals surface area contributed by atoms with Crippen LogP contribution in [0.1, 0.15) is 10.5 Å². The van der Waals surface area contributed by atoms with Crippen LogP contribution in [-0.4, -0.2) is 37.2 Å². The van der Waals surface area contributed by atoms with Gasteiger partial charge in [0, 0.05) is 12.6 Å². The van der Waals surface area contributed by atoms with Crippen LogP contribution >= 0.6 is 11.3 Å². The van der Waals surface area contributed by atoms with Crippen LogP contribution in [0.4, 0.5) is 0 Å². The van der Waals surface area contributed by atoms with Crippen molar-refractivity contribution in [3.63, 3.8) is 0 Å². The molecule has 9 heteroatoms. The number of rotatable bonds is 6. The molecule has 1 amide bonds. The molecule has 0 bridgehead atoms. The highest BCUT2D eigenvalue weighted by molar-refractivity contribution is 7.13. The Morgan fingerprint density at radius 2 is 1.89 bits per heavy atom. The van der Waals surface area contributed by atoms with Gasteiger partial charge in [0.15, 0.2) is 5.69 Å². The van der Waals surface area contributed by atoms with Crippen LogP contribution in [-0.2, 0) is 6.54 Å². The summed E-state index contributed by atoms with van der Waals surface area (Å²) >= 11 is 1.55. The third-order valence-corrected chi connectivity index (χ3v) is 4.85. The molecule has 1 N–H and O–H groups in total. The van der Waals surface area contributed by atoms with Crippen LogP contribution in [0.15, 0.2) is 71.0 Å². The van der Waals surface area contributed by atoms with Gasteiger partial charge in [-0.1, -0.05) is 24.3 Å². The summed E-state index contributed by atoms with van der Waals surface area (Å²) in [5.74, 6) is -0.357. The third-order valence-electron chi connectivity index (χ3n) is 3.96. The lowest BCUT2D eigenvalue weighted by Crippen LogP contribution is -2.32. The normalized spacial score (nSPS) is 10.7. The van der Waals surface area contributed by atoms with Crippen molar-refractivity contribution >= 4 is 17.2 Å². The van der Waals surface area contributed by atoms with Crippen molar-refractivity contribution in [1.29, 1.82) is 0 Å². The van der Waals surface area contributed by atoms with Crippen molar-refractivity contribution in [3.05, 3.63) is 82.2 Å². The topological polar surface area (TPSA) is 94.7 Å². The van der Waals surface area contributed by atoms with Crippen LogP contribution < -0.4 is 10.9 Å². The zero-order valence-corrected chi connectivity index (χ0v) is 15.5. The summed E-state index contributed by atoms with van der Waals surface area (Å²) in [7, 11) is 0. The Morgan fingerprint density at radius 3 is 2.68 bits per heavy atom. The number of amides is 1. The molecular formula is C19H16N6O2S. The van der Waals surface area contributed by atoms with E-state index in [2.05, 4.69) is 20.6 Å². The fraction of sp³-hybridized carbons (Fsp3) is 0.105. The lowest BCUT2D eigenvalue weighted by Gasteiger charge is -2.07. The Bertz CT molecular complexity index is 1130. The molecular weight excluding hydrogens is 376 g/mol. The number of para-hydroxylation sites is 1. The lowest BCUT2D eigenvalue weighted by atomic mass is 10.3. The fourth-order valence-corrected chi connectivity index (χ4v) is 3.27. The maximum absolute atomic E-state index is 12.3. The molecule has 0 saturated heterocycles. The SMILES string of the molecule is O=C(NCCn1nc(-c2cccs2)ccc1=O)c1cnn(-c2ccccc2)n1. The fourth-order valence-electron chi connectivity index (χ4n) is 2.58. The van der Waals surface area contributed by atoms with Gasteiger partial charge in [0.05, 0.1) is 23.3 Å². The van der Waals surface area contributed by atoms with Gasteiger partial charge in [0.1, 0.15) is 5.69 Å². The second kappa shape index (κ2) is 7.97. The van der Waals surface area contributed by atoms with E-state index in [1.165, 1.54) is 21.7 Å². The van der Waals surface area contributed by atoms with Crippen molar-refractivity contribution in [2.75, 3.05) is 6.54 Å². The molecule has 3 heterocycles. The molecule has 0 unspecified atom stereocenters. The van der Waals surface area contributed by atoms with E-state index in [1.807, 2.05) is 47.8 Å². The number of benzene rings is 1. The predicted octanol–water partition coefficient (Wildman–Crippen LogP) is 1.98. The Morgan fingerprint density at radius 1 is 1.04 bits per heavy atom. The first kappa shape index (κ1) is 17.8. The minimum atomic E-state index is -0.357. The molecule has 0 spiro atoms. The van der Waals surface area contributed by atoms with E-state index in [0.717, 1.165) is 16.3 Å². The molecule has 0 atom stereocenters. The Labute approximate surface area is 164 Å². The van der Waals surface area contributed by atoms with Gasteiger partial charge >= 0.3 is 0 Å². The van der Waals surface area contributed by atoms with Gasteiger partial charge in [0.2, 0.25) is 0 Å². The molecule has 3 aromatic heterocycles. The summed E-state index contributed by atoms with van der Waals surface area (Å²) in [5, 5.41) is 17.3. The van der Waals surface area contributed by atoms with Crippen LogP contribution in [0.3, 0.4) is 0 Å². The summed E-state index contributed by atoms with van der Waals surface area (Å²) < 4.78 is 1.34. The van der Waals surface area contributed by atoms with E-state index in [-0.39, 0.29) is 30.2 Å². The average molecular weight is 392 g/mol. The number of nitrogens with zero attached hydrogens (tertiary/aromatic N) is 5. The van der Waals surface area contributed by atoms with Gasteiger partial charge in [-0.25, -0.2) is 4.68 Å². The summed E-state index contributed by atoms with van der Waals surface area (Å²) in [6.45, 7) is 0.508. The largest absolute Gasteiger partial charge is 0.349 e. The summed E-state index contributed by atoms with van der Waals surface area (Å²) in [6, 6.07) is 16.4. The van der Waals surface area contributed by atoms with E-state index >= 15 is 0 Å². The summed E-state index contributed by atoms with van der Waals surface area (Å²) in [6.07, 6.45) is 1.41. The zero-order chi connectivity index (χ0) is 19.3. The average Bonchev–Trinajstić information content (AvgIpc) is 3.42. The van der Waals surface area contributed by atoms with E-state index in [0.29, 0.717) is 0 Å². The van der Waals surface area contributed by atoms with Gasteiger partial charge in [-0.3, -0.25) is 9.59 Å². The van der Waals surface area contributed by atoms with Gasteiger partial charge < -0.3 is 5.32 Å². The molecule has 0 fully saturated rings. The highest BCUT2D eigenvalue weighted by Crippen LogP contribution is 2.20. The quantitative estimate of drug-likeness (QED) is 0.541. The van der Waals surface area contributed by atoms with E-state index in [9.17, 15) is 9.59 Å². The Hall–Kier alpha value is -3.59. The molecule has 0 radical (unpaired) electrons. The minimum Gasteiger partial charge on any atom is -0.349 e. The molecule has 0 saturated carbocycles. The molecule has 4 rings (SSSR count). The number of nitrogens with one attached hydrogen (secondary N) is 1. The van der Waals surface area contributed by atoms with Gasteiger partial charge in [-0.15, -0.1) is 16.4 Å². The minimum absolute atomic E-state index is 0.205. The molecule has 140 valence electrons. The Kier molecular flexibility index (Phi) is 5.07. The molecule has 8 nitrogen and oxygen atoms in total. The molecule has 0 aliphatic rings. The van der Waals surface area contributed by atoms with Crippen LogP contribution in [0.2, 0.25) is 0 Å². The van der Waals surface area contributed by atoms with Crippen molar-refractivity contribution in [1.82, 2.24) is 30.1 Å².